The molecule has 0 bridgehead atoms. The van der Waals surface area contributed by atoms with Crippen LogP contribution in [0.2, 0.25) is 0 Å². The van der Waals surface area contributed by atoms with Crippen LogP contribution >= 0.6 is 0 Å². The van der Waals surface area contributed by atoms with Gasteiger partial charge >= 0.3 is 0 Å². The number of hydrogen-bond acceptors (Lipinski definition) is 4. The summed E-state index contributed by atoms with van der Waals surface area (Å²) in [5.74, 6) is 5.14. The van der Waals surface area contributed by atoms with Crippen molar-refractivity contribution in [2.45, 2.75) is 13.8 Å². The van der Waals surface area contributed by atoms with Crippen LogP contribution in [0, 0.1) is 0 Å². The van der Waals surface area contributed by atoms with Gasteiger partial charge in [-0.3, -0.25) is 16.2 Å². The van der Waals surface area contributed by atoms with E-state index in [4.69, 9.17) is 10.6 Å². The van der Waals surface area contributed by atoms with E-state index >= 15 is 0 Å². The number of morpholine rings is 1. The van der Waals surface area contributed by atoms with Crippen molar-refractivity contribution in [3.05, 3.63) is 0 Å². The van der Waals surface area contributed by atoms with Gasteiger partial charge in [-0.1, -0.05) is 13.8 Å². The molecule has 1 aliphatic heterocycles. The van der Waals surface area contributed by atoms with Crippen molar-refractivity contribution in [1.82, 2.24) is 10.3 Å². The number of hydrazine groups is 1. The smallest absolute Gasteiger partial charge is 0.0594 e. The van der Waals surface area contributed by atoms with Crippen molar-refractivity contribution >= 4 is 0 Å². The molecule has 1 saturated heterocycles. The standard InChI is InChI=1S/C6H15N3O.C2H6/c7-8-1-2-9-3-5-10-6-4-9;1-2/h8H,1-7H2;1-2H3. The van der Waals surface area contributed by atoms with E-state index in [9.17, 15) is 0 Å². The molecule has 1 aliphatic rings. The fourth-order valence-corrected chi connectivity index (χ4v) is 1.05. The molecular weight excluding hydrogens is 154 g/mol. The monoisotopic (exact) mass is 175 g/mol. The van der Waals surface area contributed by atoms with Crippen LogP contribution in [0.3, 0.4) is 0 Å². The van der Waals surface area contributed by atoms with E-state index in [1.54, 1.807) is 0 Å². The first-order valence-corrected chi connectivity index (χ1v) is 4.67. The molecule has 0 amide bonds. The SMILES string of the molecule is CC.NNCCN1CCOCC1. The van der Waals surface area contributed by atoms with Crippen molar-refractivity contribution in [2.75, 3.05) is 39.4 Å². The van der Waals surface area contributed by atoms with Gasteiger partial charge in [0.05, 0.1) is 13.2 Å². The van der Waals surface area contributed by atoms with Crippen molar-refractivity contribution in [2.24, 2.45) is 5.84 Å². The Morgan fingerprint density at radius 2 is 1.92 bits per heavy atom. The summed E-state index contributed by atoms with van der Waals surface area (Å²) in [6.07, 6.45) is 0. The third-order valence-electron chi connectivity index (χ3n) is 1.68. The first-order valence-electron chi connectivity index (χ1n) is 4.67. The van der Waals surface area contributed by atoms with Crippen LogP contribution in [-0.4, -0.2) is 44.3 Å². The van der Waals surface area contributed by atoms with Crippen LogP contribution in [-0.2, 0) is 4.74 Å². The molecular formula is C8H21N3O. The fraction of sp³-hybridized carbons (Fsp3) is 1.00. The number of ether oxygens (including phenoxy) is 1. The quantitative estimate of drug-likeness (QED) is 0.461. The second kappa shape index (κ2) is 8.93. The first kappa shape index (κ1) is 11.8. The maximum atomic E-state index is 5.19. The fourth-order valence-electron chi connectivity index (χ4n) is 1.05. The van der Waals surface area contributed by atoms with Crippen molar-refractivity contribution < 1.29 is 4.74 Å². The van der Waals surface area contributed by atoms with Gasteiger partial charge in [-0.25, -0.2) is 0 Å². The third-order valence-corrected chi connectivity index (χ3v) is 1.68. The lowest BCUT2D eigenvalue weighted by Crippen LogP contribution is -2.41. The van der Waals surface area contributed by atoms with Crippen LogP contribution in [0.1, 0.15) is 13.8 Å². The summed E-state index contributed by atoms with van der Waals surface area (Å²) in [4.78, 5) is 2.34. The van der Waals surface area contributed by atoms with Gasteiger partial charge in [0.1, 0.15) is 0 Å². The van der Waals surface area contributed by atoms with Gasteiger partial charge < -0.3 is 4.74 Å². The molecule has 0 spiro atoms. The molecule has 4 heteroatoms. The minimum Gasteiger partial charge on any atom is -0.379 e. The van der Waals surface area contributed by atoms with Crippen molar-refractivity contribution in [3.63, 3.8) is 0 Å². The summed E-state index contributed by atoms with van der Waals surface area (Å²) in [6, 6.07) is 0. The molecule has 1 heterocycles. The van der Waals surface area contributed by atoms with Crippen molar-refractivity contribution in [1.29, 1.82) is 0 Å². The lowest BCUT2D eigenvalue weighted by molar-refractivity contribution is 0.0384. The molecule has 0 saturated carbocycles. The first-order chi connectivity index (χ1) is 5.93. The number of nitrogens with one attached hydrogen (secondary N) is 1. The van der Waals surface area contributed by atoms with Crippen LogP contribution < -0.4 is 11.3 Å². The van der Waals surface area contributed by atoms with Crippen LogP contribution in [0.5, 0.6) is 0 Å². The van der Waals surface area contributed by atoms with Crippen LogP contribution in [0.25, 0.3) is 0 Å². The molecule has 3 N–H and O–H groups in total. The molecule has 1 rings (SSSR count). The lowest BCUT2D eigenvalue weighted by Gasteiger charge is -2.26. The van der Waals surface area contributed by atoms with E-state index in [-0.39, 0.29) is 0 Å². The largest absolute Gasteiger partial charge is 0.379 e. The topological polar surface area (TPSA) is 50.5 Å². The second-order valence-electron chi connectivity index (χ2n) is 2.41. The maximum Gasteiger partial charge on any atom is 0.0594 e. The summed E-state index contributed by atoms with van der Waals surface area (Å²) in [6.45, 7) is 9.71. The number of hydrogen-bond donors (Lipinski definition) is 2. The van der Waals surface area contributed by atoms with E-state index in [0.29, 0.717) is 0 Å². The van der Waals surface area contributed by atoms with E-state index < -0.39 is 0 Å². The molecule has 0 aromatic rings. The summed E-state index contributed by atoms with van der Waals surface area (Å²) in [7, 11) is 0. The zero-order chi connectivity index (χ0) is 9.23. The minimum atomic E-state index is 0.861. The number of nitrogens with two attached hydrogens (primary N) is 1. The Balaban J connectivity index is 0.000000561. The molecule has 0 radical (unpaired) electrons. The summed E-state index contributed by atoms with van der Waals surface area (Å²) >= 11 is 0. The van der Waals surface area contributed by atoms with Gasteiger partial charge in [-0.2, -0.15) is 0 Å². The van der Waals surface area contributed by atoms with Crippen LogP contribution in [0.15, 0.2) is 0 Å². The Hall–Kier alpha value is -0.160. The molecule has 0 unspecified atom stereocenters. The Labute approximate surface area is 75.0 Å². The molecule has 0 aromatic heterocycles. The predicted molar refractivity (Wildman–Crippen MR) is 50.8 cm³/mol. The van der Waals surface area contributed by atoms with Gasteiger partial charge in [0.15, 0.2) is 0 Å². The van der Waals surface area contributed by atoms with Gasteiger partial charge in [-0.05, 0) is 0 Å². The summed E-state index contributed by atoms with van der Waals surface area (Å²) < 4.78 is 5.19. The van der Waals surface area contributed by atoms with Crippen molar-refractivity contribution in [3.8, 4) is 0 Å². The summed E-state index contributed by atoms with van der Waals surface area (Å²) in [5, 5.41) is 0. The van der Waals surface area contributed by atoms with Gasteiger partial charge in [0.2, 0.25) is 0 Å². The normalized spacial score (nSPS) is 18.2. The van der Waals surface area contributed by atoms with E-state index in [1.165, 1.54) is 0 Å². The second-order valence-corrected chi connectivity index (χ2v) is 2.41. The average molecular weight is 175 g/mol. The Bertz CT molecular complexity index is 84.4. The van der Waals surface area contributed by atoms with Gasteiger partial charge in [0.25, 0.3) is 0 Å². The summed E-state index contributed by atoms with van der Waals surface area (Å²) in [5.41, 5.74) is 2.63. The maximum absolute atomic E-state index is 5.19. The Morgan fingerprint density at radius 3 is 2.42 bits per heavy atom. The van der Waals surface area contributed by atoms with Gasteiger partial charge in [-0.15, -0.1) is 0 Å². The van der Waals surface area contributed by atoms with E-state index in [1.807, 2.05) is 13.8 Å². The average Bonchev–Trinajstić information content (AvgIpc) is 2.19. The molecule has 12 heavy (non-hydrogen) atoms. The third kappa shape index (κ3) is 5.49. The zero-order valence-corrected chi connectivity index (χ0v) is 8.18. The lowest BCUT2D eigenvalue weighted by atomic mass is 10.4. The highest BCUT2D eigenvalue weighted by atomic mass is 16.5. The highest BCUT2D eigenvalue weighted by Gasteiger charge is 2.08. The van der Waals surface area contributed by atoms with E-state index in [0.717, 1.165) is 39.4 Å². The molecule has 0 aromatic carbocycles. The van der Waals surface area contributed by atoms with Crippen LogP contribution in [0.4, 0.5) is 0 Å². The molecule has 0 aliphatic carbocycles. The number of rotatable bonds is 3. The Morgan fingerprint density at radius 1 is 1.33 bits per heavy atom. The highest BCUT2D eigenvalue weighted by Crippen LogP contribution is 1.93. The highest BCUT2D eigenvalue weighted by molar-refractivity contribution is 4.61. The molecule has 0 atom stereocenters. The van der Waals surface area contributed by atoms with E-state index in [2.05, 4.69) is 10.3 Å². The molecule has 1 fully saturated rings. The molecule has 74 valence electrons. The number of nitrogens with zero attached hydrogens (tertiary/aromatic N) is 1. The molecule has 4 nitrogen and oxygen atoms in total. The minimum absolute atomic E-state index is 0.861. The zero-order valence-electron chi connectivity index (χ0n) is 8.18. The Kier molecular flexibility index (Phi) is 8.81. The van der Waals surface area contributed by atoms with Gasteiger partial charge in [0, 0.05) is 26.2 Å². The predicted octanol–water partition coefficient (Wildman–Crippen LogP) is -0.192.